The maximum atomic E-state index is 12.9. The quantitative estimate of drug-likeness (QED) is 0.724. The number of carbonyl (C=O) groups excluding carboxylic acids is 1. The van der Waals surface area contributed by atoms with E-state index < -0.39 is 0 Å². The van der Waals surface area contributed by atoms with Crippen molar-refractivity contribution in [2.24, 2.45) is 0 Å². The maximum Gasteiger partial charge on any atom is 0.161 e. The van der Waals surface area contributed by atoms with Crippen LogP contribution in [0.4, 0.5) is 5.82 Å². The number of rotatable bonds is 2. The Morgan fingerprint density at radius 1 is 1.11 bits per heavy atom. The average molecular weight is 370 g/mol. The van der Waals surface area contributed by atoms with Crippen molar-refractivity contribution in [1.29, 1.82) is 0 Å². The molecular formula is C23H22N4O. The minimum atomic E-state index is -0.168. The van der Waals surface area contributed by atoms with Gasteiger partial charge in [0.1, 0.15) is 5.82 Å². The van der Waals surface area contributed by atoms with Crippen molar-refractivity contribution in [3.63, 3.8) is 0 Å². The van der Waals surface area contributed by atoms with Crippen LogP contribution in [-0.2, 0) is 4.79 Å². The fraction of sp³-hybridized carbons (Fsp3) is 0.261. The zero-order valence-corrected chi connectivity index (χ0v) is 16.1. The number of nitrogens with zero attached hydrogens (tertiary/aromatic N) is 3. The van der Waals surface area contributed by atoms with Crippen LogP contribution in [0.3, 0.4) is 0 Å². The van der Waals surface area contributed by atoms with Crippen LogP contribution in [0.5, 0.6) is 0 Å². The van der Waals surface area contributed by atoms with E-state index >= 15 is 0 Å². The summed E-state index contributed by atoms with van der Waals surface area (Å²) in [6.45, 7) is 4.10. The molecule has 1 aliphatic heterocycles. The van der Waals surface area contributed by atoms with Crippen molar-refractivity contribution in [2.45, 2.75) is 39.0 Å². The highest BCUT2D eigenvalue weighted by molar-refractivity contribution is 6.01. The molecule has 0 unspecified atom stereocenters. The standard InChI is InChI=1S/C23H22N4O/c1-14-7-5-8-16(13-14)27-23-20(15(2)26-27)22(17-9-3-4-12-24-17)21-18(25-23)10-6-11-19(21)28/h3-5,7-9,12-13,22,25H,6,10-11H2,1-2H3/t22-/m1/s1. The molecule has 5 nitrogen and oxygen atoms in total. The van der Waals surface area contributed by atoms with E-state index in [1.807, 2.05) is 35.9 Å². The number of hydrogen-bond acceptors (Lipinski definition) is 4. The predicted molar refractivity (Wildman–Crippen MR) is 109 cm³/mol. The Balaban J connectivity index is 1.76. The largest absolute Gasteiger partial charge is 0.343 e. The molecular weight excluding hydrogens is 348 g/mol. The van der Waals surface area contributed by atoms with Crippen molar-refractivity contribution in [3.8, 4) is 5.69 Å². The van der Waals surface area contributed by atoms with E-state index in [2.05, 4.69) is 35.4 Å². The molecule has 0 saturated carbocycles. The van der Waals surface area contributed by atoms with Crippen LogP contribution in [0.1, 0.15) is 47.7 Å². The number of pyridine rings is 1. The lowest BCUT2D eigenvalue weighted by Gasteiger charge is -2.32. The van der Waals surface area contributed by atoms with Gasteiger partial charge in [-0.1, -0.05) is 18.2 Å². The first-order valence-corrected chi connectivity index (χ1v) is 9.74. The fourth-order valence-electron chi connectivity index (χ4n) is 4.41. The van der Waals surface area contributed by atoms with E-state index in [1.165, 1.54) is 5.56 Å². The van der Waals surface area contributed by atoms with Crippen LogP contribution in [0.2, 0.25) is 0 Å². The van der Waals surface area contributed by atoms with E-state index in [-0.39, 0.29) is 11.7 Å². The molecule has 140 valence electrons. The number of Topliss-reactive ketones (excluding diaryl/α,β-unsaturated/α-hetero) is 1. The second kappa shape index (κ2) is 6.44. The Labute approximate surface area is 164 Å². The highest BCUT2D eigenvalue weighted by Gasteiger charge is 2.39. The summed E-state index contributed by atoms with van der Waals surface area (Å²) in [4.78, 5) is 17.5. The van der Waals surface area contributed by atoms with Crippen LogP contribution < -0.4 is 5.32 Å². The van der Waals surface area contributed by atoms with Crippen LogP contribution in [0, 0.1) is 13.8 Å². The second-order valence-corrected chi connectivity index (χ2v) is 7.58. The minimum absolute atomic E-state index is 0.168. The SMILES string of the molecule is Cc1cccc(-n2nc(C)c3c2NC2=C(C(=O)CCC2)[C@@H]3c2ccccn2)c1. The number of nitrogens with one attached hydrogen (secondary N) is 1. The minimum Gasteiger partial charge on any atom is -0.343 e. The molecule has 1 N–H and O–H groups in total. The van der Waals surface area contributed by atoms with Gasteiger partial charge in [-0.15, -0.1) is 0 Å². The Hall–Kier alpha value is -3.21. The molecule has 0 saturated heterocycles. The van der Waals surface area contributed by atoms with Crippen LogP contribution in [-0.4, -0.2) is 20.5 Å². The summed E-state index contributed by atoms with van der Waals surface area (Å²) in [5, 5.41) is 8.42. The first-order valence-electron chi connectivity index (χ1n) is 9.74. The third kappa shape index (κ3) is 2.58. The van der Waals surface area contributed by atoms with Crippen LogP contribution in [0.15, 0.2) is 59.9 Å². The summed E-state index contributed by atoms with van der Waals surface area (Å²) in [6, 6.07) is 14.2. The van der Waals surface area contributed by atoms with Gasteiger partial charge in [-0.05, 0) is 56.5 Å². The second-order valence-electron chi connectivity index (χ2n) is 7.58. The van der Waals surface area contributed by atoms with Gasteiger partial charge in [0.05, 0.1) is 23.0 Å². The molecule has 2 aromatic heterocycles. The average Bonchev–Trinajstić information content (AvgIpc) is 3.04. The number of anilines is 1. The third-order valence-corrected chi connectivity index (χ3v) is 5.64. The molecule has 5 heteroatoms. The maximum absolute atomic E-state index is 12.9. The van der Waals surface area contributed by atoms with Gasteiger partial charge in [0.25, 0.3) is 0 Å². The number of carbonyl (C=O) groups is 1. The lowest BCUT2D eigenvalue weighted by atomic mass is 9.77. The number of fused-ring (bicyclic) bond motifs is 1. The Morgan fingerprint density at radius 2 is 2.00 bits per heavy atom. The van der Waals surface area contributed by atoms with Crippen LogP contribution in [0.25, 0.3) is 5.69 Å². The van der Waals surface area contributed by atoms with Crippen LogP contribution >= 0.6 is 0 Å². The normalized spacial score (nSPS) is 18.5. The highest BCUT2D eigenvalue weighted by atomic mass is 16.1. The molecule has 0 amide bonds. The summed E-state index contributed by atoms with van der Waals surface area (Å²) in [7, 11) is 0. The zero-order chi connectivity index (χ0) is 19.3. The molecule has 5 rings (SSSR count). The van der Waals surface area contributed by atoms with Crippen molar-refractivity contribution in [1.82, 2.24) is 14.8 Å². The molecule has 0 bridgehead atoms. The van der Waals surface area contributed by atoms with E-state index in [0.29, 0.717) is 6.42 Å². The van der Waals surface area contributed by atoms with Gasteiger partial charge in [-0.25, -0.2) is 4.68 Å². The van der Waals surface area contributed by atoms with Gasteiger partial charge in [-0.3, -0.25) is 9.78 Å². The van der Waals surface area contributed by atoms with Gasteiger partial charge in [0.15, 0.2) is 5.78 Å². The molecule has 28 heavy (non-hydrogen) atoms. The van der Waals surface area contributed by atoms with E-state index in [1.54, 1.807) is 6.20 Å². The Morgan fingerprint density at radius 3 is 2.79 bits per heavy atom. The highest BCUT2D eigenvalue weighted by Crippen LogP contribution is 2.46. The topological polar surface area (TPSA) is 59.8 Å². The van der Waals surface area contributed by atoms with Crippen molar-refractivity contribution in [2.75, 3.05) is 5.32 Å². The van der Waals surface area contributed by atoms with E-state index in [9.17, 15) is 4.79 Å². The predicted octanol–water partition coefficient (Wildman–Crippen LogP) is 4.45. The van der Waals surface area contributed by atoms with Gasteiger partial charge < -0.3 is 5.32 Å². The van der Waals surface area contributed by atoms with E-state index in [0.717, 1.165) is 52.6 Å². The number of ketones is 1. The Bertz CT molecular complexity index is 1110. The number of allylic oxidation sites excluding steroid dienone is 2. The first-order chi connectivity index (χ1) is 13.6. The van der Waals surface area contributed by atoms with Crippen molar-refractivity contribution >= 4 is 11.6 Å². The fourth-order valence-corrected chi connectivity index (χ4v) is 4.41. The summed E-state index contributed by atoms with van der Waals surface area (Å²) < 4.78 is 1.97. The molecule has 0 fully saturated rings. The first kappa shape index (κ1) is 16.9. The molecule has 1 atom stereocenters. The van der Waals surface area contributed by atoms with Gasteiger partial charge in [0.2, 0.25) is 0 Å². The summed E-state index contributed by atoms with van der Waals surface area (Å²) >= 11 is 0. The van der Waals surface area contributed by atoms with Gasteiger partial charge >= 0.3 is 0 Å². The third-order valence-electron chi connectivity index (χ3n) is 5.64. The van der Waals surface area contributed by atoms with Gasteiger partial charge in [-0.2, -0.15) is 5.10 Å². The van der Waals surface area contributed by atoms with Gasteiger partial charge in [0, 0.05) is 29.5 Å². The molecule has 3 heterocycles. The lowest BCUT2D eigenvalue weighted by Crippen LogP contribution is -2.28. The zero-order valence-electron chi connectivity index (χ0n) is 16.1. The molecule has 2 aliphatic rings. The molecule has 0 radical (unpaired) electrons. The van der Waals surface area contributed by atoms with Crippen molar-refractivity contribution in [3.05, 3.63) is 82.4 Å². The number of hydrogen-bond donors (Lipinski definition) is 1. The Kier molecular flexibility index (Phi) is 3.90. The summed E-state index contributed by atoms with van der Waals surface area (Å²) in [6.07, 6.45) is 4.16. The monoisotopic (exact) mass is 370 g/mol. The van der Waals surface area contributed by atoms with E-state index in [4.69, 9.17) is 5.10 Å². The summed E-state index contributed by atoms with van der Waals surface area (Å²) in [5.41, 5.74) is 6.96. The lowest BCUT2D eigenvalue weighted by molar-refractivity contribution is -0.116. The number of aromatic nitrogens is 3. The smallest absolute Gasteiger partial charge is 0.161 e. The molecule has 1 aliphatic carbocycles. The summed E-state index contributed by atoms with van der Waals surface area (Å²) in [5.74, 6) is 1.00. The molecule has 1 aromatic carbocycles. The molecule has 0 spiro atoms. The number of aryl methyl sites for hydroxylation is 2. The van der Waals surface area contributed by atoms with Crippen molar-refractivity contribution < 1.29 is 4.79 Å². The number of benzene rings is 1. The molecule has 3 aromatic rings.